The Balaban J connectivity index is 2.30. The van der Waals surface area contributed by atoms with Gasteiger partial charge in [-0.3, -0.25) is 4.79 Å². The van der Waals surface area contributed by atoms with Crippen molar-refractivity contribution in [1.29, 1.82) is 0 Å². The van der Waals surface area contributed by atoms with Gasteiger partial charge in [0.2, 0.25) is 5.91 Å². The molecule has 1 aliphatic rings. The molecule has 15 heavy (non-hydrogen) atoms. The Morgan fingerprint density at radius 3 is 2.73 bits per heavy atom. The van der Waals surface area contributed by atoms with Crippen molar-refractivity contribution < 1.29 is 4.79 Å². The van der Waals surface area contributed by atoms with Crippen LogP contribution < -0.4 is 16.0 Å². The first-order chi connectivity index (χ1) is 7.24. The summed E-state index contributed by atoms with van der Waals surface area (Å²) in [6.45, 7) is 0. The van der Waals surface area contributed by atoms with Crippen molar-refractivity contribution in [2.75, 3.05) is 19.4 Å². The van der Waals surface area contributed by atoms with Crippen molar-refractivity contribution in [3.8, 4) is 0 Å². The number of carbonyl (C=O) groups excluding carboxylic acids is 1. The fourth-order valence-electron chi connectivity index (χ4n) is 1.91. The highest BCUT2D eigenvalue weighted by Gasteiger charge is 2.18. The molecule has 3 N–H and O–H groups in total. The molecule has 4 heteroatoms. The summed E-state index contributed by atoms with van der Waals surface area (Å²) in [6.07, 6.45) is 0.620. The number of carbonyl (C=O) groups is 1. The van der Waals surface area contributed by atoms with E-state index in [1.165, 1.54) is 0 Å². The van der Waals surface area contributed by atoms with Crippen molar-refractivity contribution in [3.05, 3.63) is 29.3 Å². The van der Waals surface area contributed by atoms with E-state index in [1.807, 2.05) is 26.2 Å². The molecule has 0 aromatic heterocycles. The molecular formula is C11H15N3O. The standard InChI is InChI=1S/C11H15N3O/c1-12-11(13-2)7-3-4-9-8(5-7)6-10(15)14-9/h3-5,11-13H,6H2,1-2H3,(H,14,15). The number of anilines is 1. The number of amides is 1. The maximum absolute atomic E-state index is 11.2. The minimum Gasteiger partial charge on any atom is -0.326 e. The van der Waals surface area contributed by atoms with Gasteiger partial charge < -0.3 is 16.0 Å². The first-order valence-corrected chi connectivity index (χ1v) is 5.02. The van der Waals surface area contributed by atoms with E-state index in [0.29, 0.717) is 6.42 Å². The molecule has 0 spiro atoms. The van der Waals surface area contributed by atoms with E-state index >= 15 is 0 Å². The van der Waals surface area contributed by atoms with E-state index in [4.69, 9.17) is 0 Å². The molecule has 2 rings (SSSR count). The Hall–Kier alpha value is -1.39. The summed E-state index contributed by atoms with van der Waals surface area (Å²) in [5.41, 5.74) is 3.16. The zero-order valence-electron chi connectivity index (χ0n) is 8.92. The molecule has 0 saturated carbocycles. The third-order valence-corrected chi connectivity index (χ3v) is 2.67. The largest absolute Gasteiger partial charge is 0.326 e. The minimum absolute atomic E-state index is 0.0765. The Morgan fingerprint density at radius 1 is 1.33 bits per heavy atom. The predicted molar refractivity (Wildman–Crippen MR) is 59.6 cm³/mol. The van der Waals surface area contributed by atoms with Crippen LogP contribution >= 0.6 is 0 Å². The van der Waals surface area contributed by atoms with E-state index < -0.39 is 0 Å². The summed E-state index contributed by atoms with van der Waals surface area (Å²) >= 11 is 0. The minimum atomic E-state index is 0.0765. The zero-order chi connectivity index (χ0) is 10.8. The maximum Gasteiger partial charge on any atom is 0.228 e. The van der Waals surface area contributed by atoms with Crippen molar-refractivity contribution in [2.24, 2.45) is 0 Å². The molecule has 1 aliphatic heterocycles. The van der Waals surface area contributed by atoms with Crippen LogP contribution in [0, 0.1) is 0 Å². The van der Waals surface area contributed by atoms with Crippen LogP contribution in [-0.4, -0.2) is 20.0 Å². The van der Waals surface area contributed by atoms with Crippen molar-refractivity contribution in [3.63, 3.8) is 0 Å². The van der Waals surface area contributed by atoms with Crippen LogP contribution in [0.4, 0.5) is 5.69 Å². The second-order valence-electron chi connectivity index (χ2n) is 3.65. The first-order valence-electron chi connectivity index (χ1n) is 5.02. The van der Waals surface area contributed by atoms with E-state index in [0.717, 1.165) is 16.8 Å². The SMILES string of the molecule is CNC(NC)c1ccc2c(c1)CC(=O)N2. The molecule has 1 amide bonds. The van der Waals surface area contributed by atoms with Gasteiger partial charge in [-0.05, 0) is 31.3 Å². The lowest BCUT2D eigenvalue weighted by Crippen LogP contribution is -2.28. The van der Waals surface area contributed by atoms with Gasteiger partial charge in [-0.1, -0.05) is 12.1 Å². The van der Waals surface area contributed by atoms with E-state index in [1.54, 1.807) is 0 Å². The van der Waals surface area contributed by atoms with Gasteiger partial charge in [0.05, 0.1) is 12.6 Å². The molecule has 0 aliphatic carbocycles. The average Bonchev–Trinajstić information content (AvgIpc) is 2.59. The smallest absolute Gasteiger partial charge is 0.228 e. The number of fused-ring (bicyclic) bond motifs is 1. The van der Waals surface area contributed by atoms with Crippen LogP contribution in [-0.2, 0) is 11.2 Å². The van der Waals surface area contributed by atoms with Gasteiger partial charge in [0.15, 0.2) is 0 Å². The van der Waals surface area contributed by atoms with Crippen LogP contribution in [0.2, 0.25) is 0 Å². The van der Waals surface area contributed by atoms with Gasteiger partial charge >= 0.3 is 0 Å². The van der Waals surface area contributed by atoms with E-state index in [-0.39, 0.29) is 12.1 Å². The molecule has 0 unspecified atom stereocenters. The fourth-order valence-corrected chi connectivity index (χ4v) is 1.91. The van der Waals surface area contributed by atoms with Gasteiger partial charge in [-0.15, -0.1) is 0 Å². The monoisotopic (exact) mass is 205 g/mol. The Bertz CT molecular complexity index is 385. The highest BCUT2D eigenvalue weighted by Crippen LogP contribution is 2.25. The van der Waals surface area contributed by atoms with Crippen molar-refractivity contribution >= 4 is 11.6 Å². The summed E-state index contributed by atoms with van der Waals surface area (Å²) in [5.74, 6) is 0.0765. The molecule has 0 radical (unpaired) electrons. The van der Waals surface area contributed by atoms with E-state index in [9.17, 15) is 4.79 Å². The molecule has 0 atom stereocenters. The normalized spacial score (nSPS) is 14.2. The van der Waals surface area contributed by atoms with Crippen LogP contribution in [0.25, 0.3) is 0 Å². The van der Waals surface area contributed by atoms with Crippen LogP contribution in [0.1, 0.15) is 17.3 Å². The molecule has 80 valence electrons. The van der Waals surface area contributed by atoms with E-state index in [2.05, 4.69) is 22.0 Å². The summed E-state index contributed by atoms with van der Waals surface area (Å²) in [5, 5.41) is 9.13. The zero-order valence-corrected chi connectivity index (χ0v) is 8.92. The fraction of sp³-hybridized carbons (Fsp3) is 0.364. The first kappa shape index (κ1) is 10.1. The van der Waals surface area contributed by atoms with Gasteiger partial charge in [0.1, 0.15) is 0 Å². The lowest BCUT2D eigenvalue weighted by molar-refractivity contribution is -0.115. The van der Waals surface area contributed by atoms with Crippen molar-refractivity contribution in [1.82, 2.24) is 10.6 Å². The second-order valence-corrected chi connectivity index (χ2v) is 3.65. The lowest BCUT2D eigenvalue weighted by Gasteiger charge is -2.16. The number of hydrogen-bond donors (Lipinski definition) is 3. The van der Waals surface area contributed by atoms with Crippen LogP contribution in [0.3, 0.4) is 0 Å². The number of rotatable bonds is 3. The molecular weight excluding hydrogens is 190 g/mol. The predicted octanol–water partition coefficient (Wildman–Crippen LogP) is 0.619. The average molecular weight is 205 g/mol. The van der Waals surface area contributed by atoms with Gasteiger partial charge in [0.25, 0.3) is 0 Å². The summed E-state index contributed by atoms with van der Waals surface area (Å²) in [6, 6.07) is 6.03. The highest BCUT2D eigenvalue weighted by atomic mass is 16.1. The molecule has 1 aromatic rings. The number of nitrogens with one attached hydrogen (secondary N) is 3. The Kier molecular flexibility index (Phi) is 2.70. The van der Waals surface area contributed by atoms with Gasteiger partial charge in [-0.2, -0.15) is 0 Å². The summed E-state index contributed by atoms with van der Waals surface area (Å²) in [4.78, 5) is 11.2. The topological polar surface area (TPSA) is 53.2 Å². The molecule has 0 fully saturated rings. The lowest BCUT2D eigenvalue weighted by atomic mass is 10.1. The maximum atomic E-state index is 11.2. The molecule has 1 aromatic carbocycles. The highest BCUT2D eigenvalue weighted by molar-refractivity contribution is 5.99. The van der Waals surface area contributed by atoms with Crippen molar-refractivity contribution in [2.45, 2.75) is 12.6 Å². The molecule has 0 saturated heterocycles. The third kappa shape index (κ3) is 1.86. The number of benzene rings is 1. The molecule has 0 bridgehead atoms. The summed E-state index contributed by atoms with van der Waals surface area (Å²) < 4.78 is 0. The third-order valence-electron chi connectivity index (χ3n) is 2.67. The summed E-state index contributed by atoms with van der Waals surface area (Å²) in [7, 11) is 3.80. The Morgan fingerprint density at radius 2 is 2.07 bits per heavy atom. The number of hydrogen-bond acceptors (Lipinski definition) is 3. The van der Waals surface area contributed by atoms with Crippen LogP contribution in [0.5, 0.6) is 0 Å². The van der Waals surface area contributed by atoms with Gasteiger partial charge in [0, 0.05) is 5.69 Å². The van der Waals surface area contributed by atoms with Gasteiger partial charge in [-0.25, -0.2) is 0 Å². The molecule has 1 heterocycles. The Labute approximate surface area is 89.1 Å². The van der Waals surface area contributed by atoms with Crippen LogP contribution in [0.15, 0.2) is 18.2 Å². The molecule has 4 nitrogen and oxygen atoms in total. The quantitative estimate of drug-likeness (QED) is 0.634. The second kappa shape index (κ2) is 4.00.